The van der Waals surface area contributed by atoms with Crippen LogP contribution in [0.15, 0.2) is 47.4 Å². The molecule has 0 radical (unpaired) electrons. The van der Waals surface area contributed by atoms with Gasteiger partial charge < -0.3 is 24.8 Å². The summed E-state index contributed by atoms with van der Waals surface area (Å²) in [6.07, 6.45) is 2.61. The van der Waals surface area contributed by atoms with Gasteiger partial charge in [-0.15, -0.1) is 0 Å². The molecule has 34 heavy (non-hydrogen) atoms. The number of pyridine rings is 1. The van der Waals surface area contributed by atoms with Gasteiger partial charge in [-0.1, -0.05) is 30.3 Å². The van der Waals surface area contributed by atoms with E-state index in [-0.39, 0.29) is 17.9 Å². The Balaban J connectivity index is 1.85. The SMILES string of the molecule is CS(=O)(=O)CNc1cc(N2CCOCC2)cn2c(=O)c(OCc3ccccc3)c(C(=O)O)nc12. The summed E-state index contributed by atoms with van der Waals surface area (Å²) < 4.78 is 35.7. The van der Waals surface area contributed by atoms with Crippen LogP contribution in [0.1, 0.15) is 16.1 Å². The summed E-state index contributed by atoms with van der Waals surface area (Å²) in [5, 5.41) is 12.5. The number of nitrogens with one attached hydrogen (secondary N) is 1. The smallest absolute Gasteiger partial charge is 0.358 e. The lowest BCUT2D eigenvalue weighted by atomic mass is 10.2. The molecule has 0 unspecified atom stereocenters. The topological polar surface area (TPSA) is 140 Å². The van der Waals surface area contributed by atoms with Crippen LogP contribution < -0.4 is 20.5 Å². The van der Waals surface area contributed by atoms with Crippen molar-refractivity contribution >= 4 is 32.8 Å². The molecule has 12 heteroatoms. The lowest BCUT2D eigenvalue weighted by Crippen LogP contribution is -2.36. The van der Waals surface area contributed by atoms with Gasteiger partial charge in [0.15, 0.2) is 21.2 Å². The molecule has 4 rings (SSSR count). The molecule has 3 heterocycles. The number of hydrogen-bond donors (Lipinski definition) is 2. The number of aromatic nitrogens is 2. The molecule has 0 atom stereocenters. The average molecular weight is 489 g/mol. The Kier molecular flexibility index (Phi) is 6.70. The number of carbonyl (C=O) groups is 1. The highest BCUT2D eigenvalue weighted by Gasteiger charge is 2.23. The maximum atomic E-state index is 13.4. The van der Waals surface area contributed by atoms with E-state index in [9.17, 15) is 23.1 Å². The molecule has 3 aromatic rings. The molecule has 1 aliphatic rings. The van der Waals surface area contributed by atoms with Crippen LogP contribution in [0.25, 0.3) is 5.65 Å². The van der Waals surface area contributed by atoms with E-state index in [2.05, 4.69) is 10.3 Å². The Morgan fingerprint density at radius 2 is 1.94 bits per heavy atom. The van der Waals surface area contributed by atoms with Gasteiger partial charge in [0.05, 0.1) is 24.6 Å². The lowest BCUT2D eigenvalue weighted by molar-refractivity contribution is 0.0684. The van der Waals surface area contributed by atoms with Crippen molar-refractivity contribution in [1.29, 1.82) is 0 Å². The summed E-state index contributed by atoms with van der Waals surface area (Å²) in [7, 11) is -3.41. The molecule has 1 aliphatic heterocycles. The van der Waals surface area contributed by atoms with Gasteiger partial charge in [-0.2, -0.15) is 0 Å². The molecule has 1 saturated heterocycles. The Morgan fingerprint density at radius 3 is 2.59 bits per heavy atom. The monoisotopic (exact) mass is 488 g/mol. The number of hydrogen-bond acceptors (Lipinski definition) is 9. The molecular weight excluding hydrogens is 464 g/mol. The van der Waals surface area contributed by atoms with Crippen molar-refractivity contribution in [2.45, 2.75) is 6.61 Å². The van der Waals surface area contributed by atoms with Gasteiger partial charge in [0.1, 0.15) is 12.5 Å². The zero-order valence-electron chi connectivity index (χ0n) is 18.4. The Hall–Kier alpha value is -3.64. The van der Waals surface area contributed by atoms with Gasteiger partial charge >= 0.3 is 11.5 Å². The Bertz CT molecular complexity index is 1370. The van der Waals surface area contributed by atoms with E-state index in [1.54, 1.807) is 36.5 Å². The number of carboxylic acid groups (broad SMARTS) is 1. The first-order valence-electron chi connectivity index (χ1n) is 10.5. The van der Waals surface area contributed by atoms with Crippen LogP contribution in [-0.4, -0.2) is 67.3 Å². The van der Waals surface area contributed by atoms with E-state index in [4.69, 9.17) is 9.47 Å². The third kappa shape index (κ3) is 5.29. The van der Waals surface area contributed by atoms with E-state index in [1.165, 1.54) is 4.40 Å². The minimum Gasteiger partial charge on any atom is -0.481 e. The first kappa shape index (κ1) is 23.5. The maximum absolute atomic E-state index is 13.4. The van der Waals surface area contributed by atoms with Crippen LogP contribution in [0.3, 0.4) is 0 Å². The number of carboxylic acids is 1. The van der Waals surface area contributed by atoms with E-state index in [1.807, 2.05) is 11.0 Å². The second-order valence-corrected chi connectivity index (χ2v) is 9.97. The van der Waals surface area contributed by atoms with Crippen LogP contribution >= 0.6 is 0 Å². The van der Waals surface area contributed by atoms with E-state index in [0.29, 0.717) is 32.0 Å². The van der Waals surface area contributed by atoms with Crippen molar-refractivity contribution in [1.82, 2.24) is 9.38 Å². The standard InChI is InChI=1S/C22H24N4O7S/c1-34(30,31)14-23-17-11-16(25-7-9-32-10-8-25)12-26-20(17)24-18(22(28)29)19(21(26)27)33-13-15-5-3-2-4-6-15/h2-6,11-12,23H,7-10,13-14H2,1H3,(H,28,29). The molecule has 0 saturated carbocycles. The number of fused-ring (bicyclic) bond motifs is 1. The van der Waals surface area contributed by atoms with Gasteiger partial charge in [-0.05, 0) is 11.6 Å². The van der Waals surface area contributed by atoms with E-state index >= 15 is 0 Å². The first-order valence-corrected chi connectivity index (χ1v) is 12.5. The van der Waals surface area contributed by atoms with Gasteiger partial charge in [0.2, 0.25) is 5.75 Å². The fourth-order valence-corrected chi connectivity index (χ4v) is 3.97. The number of benzene rings is 1. The van der Waals surface area contributed by atoms with Gasteiger partial charge in [0.25, 0.3) is 0 Å². The number of aromatic carboxylic acids is 1. The molecule has 1 aromatic carbocycles. The molecule has 0 aliphatic carbocycles. The fourth-order valence-electron chi connectivity index (χ4n) is 3.55. The number of nitrogens with zero attached hydrogens (tertiary/aromatic N) is 3. The summed E-state index contributed by atoms with van der Waals surface area (Å²) >= 11 is 0. The fraction of sp³-hybridized carbons (Fsp3) is 0.318. The van der Waals surface area contributed by atoms with Crippen molar-refractivity contribution in [3.63, 3.8) is 0 Å². The van der Waals surface area contributed by atoms with Crippen molar-refractivity contribution in [3.05, 3.63) is 64.2 Å². The highest BCUT2D eigenvalue weighted by Crippen LogP contribution is 2.26. The average Bonchev–Trinajstić information content (AvgIpc) is 2.82. The number of anilines is 2. The summed E-state index contributed by atoms with van der Waals surface area (Å²) in [5.74, 6) is -2.25. The van der Waals surface area contributed by atoms with Gasteiger partial charge in [-0.3, -0.25) is 9.20 Å². The van der Waals surface area contributed by atoms with Crippen LogP contribution in [-0.2, 0) is 21.2 Å². The summed E-state index contributed by atoms with van der Waals surface area (Å²) in [6.45, 7) is 2.13. The van der Waals surface area contributed by atoms with Gasteiger partial charge in [0, 0.05) is 25.5 Å². The zero-order valence-corrected chi connectivity index (χ0v) is 19.2. The molecule has 1 fully saturated rings. The molecule has 180 valence electrons. The molecular formula is C22H24N4O7S. The minimum absolute atomic E-state index is 0.0184. The number of ether oxygens (including phenoxy) is 2. The zero-order chi connectivity index (χ0) is 24.3. The minimum atomic E-state index is -3.41. The summed E-state index contributed by atoms with van der Waals surface area (Å²) in [6, 6.07) is 10.7. The van der Waals surface area contributed by atoms with Crippen molar-refractivity contribution in [2.24, 2.45) is 0 Å². The van der Waals surface area contributed by atoms with Crippen LogP contribution in [0, 0.1) is 0 Å². The second-order valence-electron chi connectivity index (χ2n) is 7.83. The molecule has 11 nitrogen and oxygen atoms in total. The normalized spacial score (nSPS) is 14.2. The maximum Gasteiger partial charge on any atom is 0.358 e. The predicted molar refractivity (Wildman–Crippen MR) is 126 cm³/mol. The highest BCUT2D eigenvalue weighted by atomic mass is 32.2. The van der Waals surface area contributed by atoms with Gasteiger partial charge in [-0.25, -0.2) is 18.2 Å². The third-order valence-corrected chi connectivity index (χ3v) is 5.87. The molecule has 0 amide bonds. The van der Waals surface area contributed by atoms with Crippen molar-refractivity contribution in [2.75, 3.05) is 48.7 Å². The quantitative estimate of drug-likeness (QED) is 0.476. The summed E-state index contributed by atoms with van der Waals surface area (Å²) in [5.41, 5.74) is 0.311. The Morgan fingerprint density at radius 1 is 1.24 bits per heavy atom. The number of morpholine rings is 1. The van der Waals surface area contributed by atoms with E-state index in [0.717, 1.165) is 11.8 Å². The largest absolute Gasteiger partial charge is 0.481 e. The van der Waals surface area contributed by atoms with Crippen LogP contribution in [0.4, 0.5) is 11.4 Å². The lowest BCUT2D eigenvalue weighted by Gasteiger charge is -2.29. The number of sulfone groups is 1. The van der Waals surface area contributed by atoms with Crippen molar-refractivity contribution < 1.29 is 27.8 Å². The van der Waals surface area contributed by atoms with Crippen LogP contribution in [0.2, 0.25) is 0 Å². The molecule has 2 N–H and O–H groups in total. The molecule has 2 aromatic heterocycles. The van der Waals surface area contributed by atoms with E-state index < -0.39 is 38.7 Å². The summed E-state index contributed by atoms with van der Waals surface area (Å²) in [4.78, 5) is 31.5. The third-order valence-electron chi connectivity index (χ3n) is 5.20. The predicted octanol–water partition coefficient (Wildman–Crippen LogP) is 1.22. The highest BCUT2D eigenvalue weighted by molar-refractivity contribution is 7.90. The van der Waals surface area contributed by atoms with Crippen LogP contribution in [0.5, 0.6) is 5.75 Å². The second kappa shape index (κ2) is 9.69. The first-order chi connectivity index (χ1) is 16.2. The Labute approximate surface area is 195 Å². The molecule has 0 spiro atoms. The van der Waals surface area contributed by atoms with Crippen molar-refractivity contribution in [3.8, 4) is 5.75 Å². The molecule has 0 bridgehead atoms. The number of rotatable bonds is 8.